The van der Waals surface area contributed by atoms with Crippen LogP contribution in [0.15, 0.2) is 36.0 Å². The first kappa shape index (κ1) is 10.3. The summed E-state index contributed by atoms with van der Waals surface area (Å²) in [6, 6.07) is 10.8. The highest BCUT2D eigenvalue weighted by Gasteiger charge is 2.15. The molecule has 0 amide bonds. The highest BCUT2D eigenvalue weighted by molar-refractivity contribution is 5.68. The van der Waals surface area contributed by atoms with Gasteiger partial charge in [0.25, 0.3) is 0 Å². The van der Waals surface area contributed by atoms with E-state index in [4.69, 9.17) is 0 Å². The van der Waals surface area contributed by atoms with Crippen molar-refractivity contribution in [2.75, 3.05) is 14.1 Å². The fraction of sp³-hybridized carbons (Fsp3) is 0.429. The molecule has 0 aromatic heterocycles. The van der Waals surface area contributed by atoms with E-state index in [1.165, 1.54) is 36.9 Å². The second kappa shape index (κ2) is 4.52. The van der Waals surface area contributed by atoms with Crippen molar-refractivity contribution in [1.29, 1.82) is 0 Å². The lowest BCUT2D eigenvalue weighted by molar-refractivity contribution is 0.466. The van der Waals surface area contributed by atoms with Crippen molar-refractivity contribution in [3.63, 3.8) is 0 Å². The Kier molecular flexibility index (Phi) is 3.10. The quantitative estimate of drug-likeness (QED) is 0.707. The van der Waals surface area contributed by atoms with Gasteiger partial charge in [0, 0.05) is 19.8 Å². The Bertz CT molecular complexity index is 349. The molecule has 1 heteroatoms. The average molecular weight is 201 g/mol. The number of hydrogen-bond acceptors (Lipinski definition) is 1. The van der Waals surface area contributed by atoms with E-state index in [-0.39, 0.29) is 0 Å². The second-order valence-corrected chi connectivity index (χ2v) is 4.39. The van der Waals surface area contributed by atoms with Gasteiger partial charge in [-0.2, -0.15) is 0 Å². The maximum Gasteiger partial charge on any atom is 0.0166 e. The van der Waals surface area contributed by atoms with E-state index in [9.17, 15) is 0 Å². The summed E-state index contributed by atoms with van der Waals surface area (Å²) in [7, 11) is 4.31. The van der Waals surface area contributed by atoms with Crippen LogP contribution < -0.4 is 0 Å². The summed E-state index contributed by atoms with van der Waals surface area (Å²) in [5, 5.41) is 0. The first-order valence-corrected chi connectivity index (χ1v) is 5.74. The van der Waals surface area contributed by atoms with E-state index in [1.54, 1.807) is 5.57 Å². The largest absolute Gasteiger partial charge is 0.381 e. The Morgan fingerprint density at radius 1 is 0.933 bits per heavy atom. The highest BCUT2D eigenvalue weighted by atomic mass is 15.1. The predicted octanol–water partition coefficient (Wildman–Crippen LogP) is 3.53. The van der Waals surface area contributed by atoms with E-state index in [0.29, 0.717) is 0 Å². The Balaban J connectivity index is 2.39. The molecule has 0 heterocycles. The molecule has 0 atom stereocenters. The summed E-state index contributed by atoms with van der Waals surface area (Å²) in [6.07, 6.45) is 5.14. The predicted molar refractivity (Wildman–Crippen MR) is 65.5 cm³/mol. The van der Waals surface area contributed by atoms with Crippen molar-refractivity contribution in [1.82, 2.24) is 4.90 Å². The lowest BCUT2D eigenvalue weighted by Gasteiger charge is -2.26. The van der Waals surface area contributed by atoms with Crippen LogP contribution in [-0.2, 0) is 0 Å². The Hall–Kier alpha value is -1.24. The Morgan fingerprint density at radius 3 is 2.27 bits per heavy atom. The number of allylic oxidation sites excluding steroid dienone is 2. The van der Waals surface area contributed by atoms with Gasteiger partial charge in [-0.25, -0.2) is 0 Å². The van der Waals surface area contributed by atoms with Crippen LogP contribution in [0.1, 0.15) is 31.2 Å². The van der Waals surface area contributed by atoms with Gasteiger partial charge in [-0.1, -0.05) is 30.3 Å². The molecular weight excluding hydrogens is 182 g/mol. The van der Waals surface area contributed by atoms with Crippen LogP contribution in [0.25, 0.3) is 5.57 Å². The Labute approximate surface area is 92.4 Å². The van der Waals surface area contributed by atoms with Crippen LogP contribution in [0, 0.1) is 0 Å². The van der Waals surface area contributed by atoms with Gasteiger partial charge in [-0.05, 0) is 36.8 Å². The third-order valence-corrected chi connectivity index (χ3v) is 3.10. The van der Waals surface area contributed by atoms with Crippen LogP contribution in [0.3, 0.4) is 0 Å². The summed E-state index contributed by atoms with van der Waals surface area (Å²) < 4.78 is 0. The molecule has 0 saturated heterocycles. The van der Waals surface area contributed by atoms with E-state index in [2.05, 4.69) is 49.3 Å². The molecule has 80 valence electrons. The number of benzene rings is 1. The van der Waals surface area contributed by atoms with Crippen molar-refractivity contribution in [2.45, 2.75) is 25.7 Å². The summed E-state index contributed by atoms with van der Waals surface area (Å²) in [5.41, 5.74) is 4.47. The van der Waals surface area contributed by atoms with Crippen LogP contribution in [0.4, 0.5) is 0 Å². The molecule has 0 spiro atoms. The molecule has 0 aliphatic heterocycles. The molecule has 15 heavy (non-hydrogen) atoms. The third-order valence-electron chi connectivity index (χ3n) is 3.10. The summed E-state index contributed by atoms with van der Waals surface area (Å²) in [6.45, 7) is 0. The molecule has 1 nitrogen and oxygen atoms in total. The average Bonchev–Trinajstić information content (AvgIpc) is 2.30. The fourth-order valence-electron chi connectivity index (χ4n) is 2.33. The van der Waals surface area contributed by atoms with Crippen molar-refractivity contribution >= 4 is 5.57 Å². The van der Waals surface area contributed by atoms with Crippen LogP contribution in [0.5, 0.6) is 0 Å². The molecule has 0 unspecified atom stereocenters. The number of hydrogen-bond donors (Lipinski definition) is 0. The van der Waals surface area contributed by atoms with E-state index >= 15 is 0 Å². The summed E-state index contributed by atoms with van der Waals surface area (Å²) in [4.78, 5) is 2.28. The number of rotatable bonds is 2. The molecule has 2 rings (SSSR count). The van der Waals surface area contributed by atoms with E-state index in [1.807, 2.05) is 0 Å². The minimum atomic E-state index is 1.23. The van der Waals surface area contributed by atoms with Crippen molar-refractivity contribution in [2.24, 2.45) is 0 Å². The SMILES string of the molecule is CN(C)C1=C(c2ccccc2)CCCC1. The molecule has 1 aliphatic rings. The molecule has 0 N–H and O–H groups in total. The molecule has 1 aromatic rings. The third kappa shape index (κ3) is 2.23. The molecule has 1 aliphatic carbocycles. The maximum absolute atomic E-state index is 2.28. The van der Waals surface area contributed by atoms with Crippen molar-refractivity contribution in [3.05, 3.63) is 41.6 Å². The lowest BCUT2D eigenvalue weighted by atomic mass is 9.90. The lowest BCUT2D eigenvalue weighted by Crippen LogP contribution is -2.15. The van der Waals surface area contributed by atoms with Gasteiger partial charge in [0.05, 0.1) is 0 Å². The molecule has 0 fully saturated rings. The first-order valence-electron chi connectivity index (χ1n) is 5.74. The van der Waals surface area contributed by atoms with Crippen LogP contribution in [0.2, 0.25) is 0 Å². The minimum Gasteiger partial charge on any atom is -0.381 e. The molecular formula is C14H19N. The standard InChI is InChI=1S/C14H19N/c1-15(2)14-11-7-6-10-13(14)12-8-4-3-5-9-12/h3-5,8-9H,6-7,10-11H2,1-2H3. The van der Waals surface area contributed by atoms with Crippen LogP contribution in [-0.4, -0.2) is 19.0 Å². The van der Waals surface area contributed by atoms with E-state index < -0.39 is 0 Å². The minimum absolute atomic E-state index is 1.23. The zero-order chi connectivity index (χ0) is 10.7. The molecule has 0 radical (unpaired) electrons. The smallest absolute Gasteiger partial charge is 0.0166 e. The zero-order valence-corrected chi connectivity index (χ0v) is 9.66. The monoisotopic (exact) mass is 201 g/mol. The van der Waals surface area contributed by atoms with Gasteiger partial charge in [-0.3, -0.25) is 0 Å². The van der Waals surface area contributed by atoms with Gasteiger partial charge < -0.3 is 4.90 Å². The summed E-state index contributed by atoms with van der Waals surface area (Å²) in [5.74, 6) is 0. The van der Waals surface area contributed by atoms with Gasteiger partial charge >= 0.3 is 0 Å². The fourth-order valence-corrected chi connectivity index (χ4v) is 2.33. The van der Waals surface area contributed by atoms with Gasteiger partial charge in [0.1, 0.15) is 0 Å². The second-order valence-electron chi connectivity index (χ2n) is 4.39. The van der Waals surface area contributed by atoms with Crippen LogP contribution >= 0.6 is 0 Å². The normalized spacial score (nSPS) is 16.7. The summed E-state index contributed by atoms with van der Waals surface area (Å²) >= 11 is 0. The Morgan fingerprint density at radius 2 is 1.60 bits per heavy atom. The maximum atomic E-state index is 2.28. The molecule has 0 bridgehead atoms. The van der Waals surface area contributed by atoms with Gasteiger partial charge in [0.15, 0.2) is 0 Å². The van der Waals surface area contributed by atoms with E-state index in [0.717, 1.165) is 0 Å². The van der Waals surface area contributed by atoms with Gasteiger partial charge in [0.2, 0.25) is 0 Å². The topological polar surface area (TPSA) is 3.24 Å². The van der Waals surface area contributed by atoms with Crippen molar-refractivity contribution < 1.29 is 0 Å². The van der Waals surface area contributed by atoms with Gasteiger partial charge in [-0.15, -0.1) is 0 Å². The number of nitrogens with zero attached hydrogens (tertiary/aromatic N) is 1. The van der Waals surface area contributed by atoms with Crippen molar-refractivity contribution in [3.8, 4) is 0 Å². The molecule has 1 aromatic carbocycles. The first-order chi connectivity index (χ1) is 7.29. The zero-order valence-electron chi connectivity index (χ0n) is 9.66. The molecule has 0 saturated carbocycles. The highest BCUT2D eigenvalue weighted by Crippen LogP contribution is 2.32.